The van der Waals surface area contributed by atoms with Crippen LogP contribution >= 0.6 is 0 Å². The van der Waals surface area contributed by atoms with Gasteiger partial charge in [-0.3, -0.25) is 0 Å². The standard InChI is InChI=1S/C17H15F3N8/c1-10(22-15-6-7-16-23-25-26-28(16)24-15)14-9-21-27(11(14)2)13-5-3-4-12(8-13)17(18,19)20/h3-10H,1-2H3,(H,22,24). The van der Waals surface area contributed by atoms with E-state index in [-0.39, 0.29) is 6.04 Å². The van der Waals surface area contributed by atoms with Crippen molar-refractivity contribution in [1.29, 1.82) is 0 Å². The first-order valence-electron chi connectivity index (χ1n) is 8.37. The number of nitrogens with one attached hydrogen (secondary N) is 1. The summed E-state index contributed by atoms with van der Waals surface area (Å²) in [6, 6.07) is 8.34. The maximum atomic E-state index is 13.0. The third-order valence-electron chi connectivity index (χ3n) is 4.37. The maximum absolute atomic E-state index is 13.0. The Hall–Kier alpha value is -3.50. The smallest absolute Gasteiger partial charge is 0.362 e. The first-order valence-corrected chi connectivity index (χ1v) is 8.37. The Morgan fingerprint density at radius 1 is 1.14 bits per heavy atom. The molecular formula is C17H15F3N8. The van der Waals surface area contributed by atoms with Crippen molar-refractivity contribution in [2.75, 3.05) is 5.32 Å². The van der Waals surface area contributed by atoms with Gasteiger partial charge in [0.25, 0.3) is 0 Å². The summed E-state index contributed by atoms with van der Waals surface area (Å²) in [5, 5.41) is 22.8. The number of aromatic nitrogens is 7. The third kappa shape index (κ3) is 3.26. The molecule has 144 valence electrons. The van der Waals surface area contributed by atoms with E-state index >= 15 is 0 Å². The summed E-state index contributed by atoms with van der Waals surface area (Å²) >= 11 is 0. The van der Waals surface area contributed by atoms with Gasteiger partial charge in [0.05, 0.1) is 23.5 Å². The number of hydrogen-bond acceptors (Lipinski definition) is 6. The molecule has 0 saturated heterocycles. The molecular weight excluding hydrogens is 373 g/mol. The Kier molecular flexibility index (Phi) is 4.21. The molecule has 0 aliphatic carbocycles. The average Bonchev–Trinajstić information content (AvgIpc) is 3.27. The number of hydrogen-bond donors (Lipinski definition) is 1. The van der Waals surface area contributed by atoms with E-state index in [0.717, 1.165) is 23.4 Å². The lowest BCUT2D eigenvalue weighted by Gasteiger charge is -2.15. The highest BCUT2D eigenvalue weighted by molar-refractivity contribution is 5.45. The molecule has 0 aliphatic heterocycles. The van der Waals surface area contributed by atoms with E-state index in [1.165, 1.54) is 15.4 Å². The van der Waals surface area contributed by atoms with Crippen LogP contribution in [-0.2, 0) is 6.18 Å². The van der Waals surface area contributed by atoms with Crippen LogP contribution in [0.25, 0.3) is 11.3 Å². The summed E-state index contributed by atoms with van der Waals surface area (Å²) < 4.78 is 41.7. The van der Waals surface area contributed by atoms with Gasteiger partial charge in [-0.2, -0.15) is 18.3 Å². The lowest BCUT2D eigenvalue weighted by molar-refractivity contribution is -0.137. The van der Waals surface area contributed by atoms with Crippen LogP contribution < -0.4 is 5.32 Å². The highest BCUT2D eigenvalue weighted by Crippen LogP contribution is 2.31. The van der Waals surface area contributed by atoms with Gasteiger partial charge >= 0.3 is 6.18 Å². The zero-order chi connectivity index (χ0) is 19.9. The molecule has 1 aromatic carbocycles. The number of tetrazole rings is 1. The van der Waals surface area contributed by atoms with Crippen LogP contribution in [0.1, 0.15) is 29.8 Å². The van der Waals surface area contributed by atoms with Gasteiger partial charge in [0.2, 0.25) is 0 Å². The Morgan fingerprint density at radius 3 is 2.75 bits per heavy atom. The highest BCUT2D eigenvalue weighted by atomic mass is 19.4. The molecule has 3 heterocycles. The van der Waals surface area contributed by atoms with Crippen LogP contribution in [0.4, 0.5) is 19.0 Å². The minimum Gasteiger partial charge on any atom is -0.362 e. The molecule has 0 fully saturated rings. The number of halogens is 3. The van der Waals surface area contributed by atoms with Crippen LogP contribution in [0.2, 0.25) is 0 Å². The molecule has 3 aromatic heterocycles. The van der Waals surface area contributed by atoms with Gasteiger partial charge in [0.15, 0.2) is 5.65 Å². The molecule has 1 atom stereocenters. The second-order valence-electron chi connectivity index (χ2n) is 6.26. The lowest BCUT2D eigenvalue weighted by Crippen LogP contribution is -2.11. The minimum atomic E-state index is -4.41. The molecule has 1 unspecified atom stereocenters. The van der Waals surface area contributed by atoms with E-state index in [1.807, 2.05) is 6.92 Å². The van der Waals surface area contributed by atoms with Gasteiger partial charge in [-0.05, 0) is 54.6 Å². The summed E-state index contributed by atoms with van der Waals surface area (Å²) in [5.74, 6) is 0.554. The van der Waals surface area contributed by atoms with Crippen LogP contribution in [0.15, 0.2) is 42.6 Å². The van der Waals surface area contributed by atoms with Gasteiger partial charge in [-0.1, -0.05) is 6.07 Å². The predicted molar refractivity (Wildman–Crippen MR) is 93.9 cm³/mol. The van der Waals surface area contributed by atoms with Crippen molar-refractivity contribution in [2.45, 2.75) is 26.1 Å². The number of alkyl halides is 3. The van der Waals surface area contributed by atoms with Crippen LogP contribution in [-0.4, -0.2) is 35.0 Å². The fourth-order valence-corrected chi connectivity index (χ4v) is 2.95. The van der Waals surface area contributed by atoms with Gasteiger partial charge in [-0.25, -0.2) is 4.68 Å². The lowest BCUT2D eigenvalue weighted by atomic mass is 10.1. The Morgan fingerprint density at radius 2 is 1.96 bits per heavy atom. The second kappa shape index (κ2) is 6.59. The van der Waals surface area contributed by atoms with Crippen molar-refractivity contribution in [3.8, 4) is 5.69 Å². The SMILES string of the molecule is Cc1c(C(C)Nc2ccc3nnnn3n2)cnn1-c1cccc(C(F)(F)F)c1. The van der Waals surface area contributed by atoms with Crippen molar-refractivity contribution < 1.29 is 13.2 Å². The molecule has 1 N–H and O–H groups in total. The Balaban J connectivity index is 1.61. The van der Waals surface area contributed by atoms with Gasteiger partial charge in [-0.15, -0.1) is 14.8 Å². The van der Waals surface area contributed by atoms with Crippen LogP contribution in [0.5, 0.6) is 0 Å². The number of fused-ring (bicyclic) bond motifs is 1. The van der Waals surface area contributed by atoms with Gasteiger partial charge in [0, 0.05) is 11.3 Å². The first-order chi connectivity index (χ1) is 13.3. The molecule has 4 rings (SSSR count). The topological polar surface area (TPSA) is 85.8 Å². The molecule has 0 radical (unpaired) electrons. The summed E-state index contributed by atoms with van der Waals surface area (Å²) in [4.78, 5) is 0. The molecule has 0 saturated carbocycles. The normalized spacial score (nSPS) is 13.0. The van der Waals surface area contributed by atoms with Crippen molar-refractivity contribution in [3.05, 3.63) is 59.4 Å². The van der Waals surface area contributed by atoms with E-state index in [2.05, 4.69) is 31.0 Å². The fraction of sp³-hybridized carbons (Fsp3) is 0.235. The minimum absolute atomic E-state index is 0.194. The zero-order valence-corrected chi connectivity index (χ0v) is 14.9. The Labute approximate surface area is 157 Å². The van der Waals surface area contributed by atoms with E-state index in [9.17, 15) is 13.2 Å². The van der Waals surface area contributed by atoms with Gasteiger partial charge < -0.3 is 5.32 Å². The molecule has 0 bridgehead atoms. The molecule has 4 aromatic rings. The highest BCUT2D eigenvalue weighted by Gasteiger charge is 2.30. The number of nitrogens with zero attached hydrogens (tertiary/aromatic N) is 7. The largest absolute Gasteiger partial charge is 0.416 e. The predicted octanol–water partition coefficient (Wildman–Crippen LogP) is 3.21. The van der Waals surface area contributed by atoms with Crippen molar-refractivity contribution in [2.24, 2.45) is 0 Å². The van der Waals surface area contributed by atoms with Crippen LogP contribution in [0, 0.1) is 6.92 Å². The van der Waals surface area contributed by atoms with Crippen LogP contribution in [0.3, 0.4) is 0 Å². The second-order valence-corrected chi connectivity index (χ2v) is 6.26. The van der Waals surface area contributed by atoms with E-state index < -0.39 is 11.7 Å². The van der Waals surface area contributed by atoms with Crippen molar-refractivity contribution >= 4 is 11.5 Å². The number of rotatable bonds is 4. The fourth-order valence-electron chi connectivity index (χ4n) is 2.95. The maximum Gasteiger partial charge on any atom is 0.416 e. The molecule has 8 nitrogen and oxygen atoms in total. The molecule has 0 spiro atoms. The number of benzene rings is 1. The van der Waals surface area contributed by atoms with Crippen molar-refractivity contribution in [1.82, 2.24) is 35.0 Å². The molecule has 0 amide bonds. The number of anilines is 1. The van der Waals surface area contributed by atoms with E-state index in [0.29, 0.717) is 17.2 Å². The van der Waals surface area contributed by atoms with E-state index in [1.54, 1.807) is 31.3 Å². The summed E-state index contributed by atoms with van der Waals surface area (Å²) in [7, 11) is 0. The molecule has 11 heteroatoms. The van der Waals surface area contributed by atoms with Gasteiger partial charge in [0.1, 0.15) is 5.82 Å². The summed E-state index contributed by atoms with van der Waals surface area (Å²) in [5.41, 5.74) is 1.70. The first kappa shape index (κ1) is 17.9. The zero-order valence-electron chi connectivity index (χ0n) is 14.9. The summed E-state index contributed by atoms with van der Waals surface area (Å²) in [6.07, 6.45) is -2.78. The third-order valence-corrected chi connectivity index (χ3v) is 4.37. The molecule has 0 aliphatic rings. The Bertz CT molecular complexity index is 1130. The summed E-state index contributed by atoms with van der Waals surface area (Å²) in [6.45, 7) is 3.71. The monoisotopic (exact) mass is 388 g/mol. The van der Waals surface area contributed by atoms with E-state index in [4.69, 9.17) is 0 Å². The van der Waals surface area contributed by atoms with Crippen molar-refractivity contribution in [3.63, 3.8) is 0 Å². The molecule has 28 heavy (non-hydrogen) atoms. The average molecular weight is 388 g/mol. The quantitative estimate of drug-likeness (QED) is 0.578.